The van der Waals surface area contributed by atoms with E-state index in [4.69, 9.17) is 0 Å². The topological polar surface area (TPSA) is 63.1 Å². The smallest absolute Gasteiger partial charge is 0.224 e. The van der Waals surface area contributed by atoms with Gasteiger partial charge in [-0.1, -0.05) is 36.4 Å². The molecule has 0 unspecified atom stereocenters. The molecule has 144 valence electrons. The molecule has 1 aromatic carbocycles. The lowest BCUT2D eigenvalue weighted by atomic mass is 9.96. The Kier molecular flexibility index (Phi) is 5.77. The van der Waals surface area contributed by atoms with Gasteiger partial charge in [0.15, 0.2) is 5.82 Å². The fourth-order valence-electron chi connectivity index (χ4n) is 3.65. The lowest BCUT2D eigenvalue weighted by Gasteiger charge is -2.32. The number of aromatic nitrogens is 3. The zero-order valence-corrected chi connectivity index (χ0v) is 15.9. The van der Waals surface area contributed by atoms with E-state index in [0.717, 1.165) is 43.9 Å². The number of nitrogens with zero attached hydrogens (tertiary/aromatic N) is 4. The van der Waals surface area contributed by atoms with Gasteiger partial charge >= 0.3 is 0 Å². The predicted octanol–water partition coefficient (Wildman–Crippen LogP) is 2.80. The summed E-state index contributed by atoms with van der Waals surface area (Å²) in [4.78, 5) is 19.4. The molecule has 0 saturated carbocycles. The van der Waals surface area contributed by atoms with Crippen LogP contribution >= 0.6 is 0 Å². The molecule has 3 heterocycles. The van der Waals surface area contributed by atoms with Gasteiger partial charge < -0.3 is 5.32 Å². The monoisotopic (exact) mass is 375 g/mol. The molecule has 2 aromatic heterocycles. The highest BCUT2D eigenvalue weighted by Crippen LogP contribution is 2.19. The summed E-state index contributed by atoms with van der Waals surface area (Å²) in [5.41, 5.74) is 2.29. The Bertz CT molecular complexity index is 877. The highest BCUT2D eigenvalue weighted by molar-refractivity contribution is 5.78. The average molecular weight is 375 g/mol. The quantitative estimate of drug-likeness (QED) is 0.720. The van der Waals surface area contributed by atoms with Crippen LogP contribution in [0, 0.1) is 5.92 Å². The van der Waals surface area contributed by atoms with E-state index in [1.54, 1.807) is 17.1 Å². The molecular formula is C22H25N5O. The molecule has 0 aliphatic carbocycles. The number of likely N-dealkylation sites (tertiary alicyclic amines) is 1. The second-order valence-corrected chi connectivity index (χ2v) is 7.25. The first-order valence-corrected chi connectivity index (χ1v) is 9.77. The summed E-state index contributed by atoms with van der Waals surface area (Å²) in [6.45, 7) is 3.28. The molecule has 1 aliphatic rings. The molecule has 1 saturated heterocycles. The minimum atomic E-state index is 0.0498. The van der Waals surface area contributed by atoms with Gasteiger partial charge in [-0.05, 0) is 42.6 Å². The van der Waals surface area contributed by atoms with Crippen LogP contribution in [0.25, 0.3) is 5.82 Å². The van der Waals surface area contributed by atoms with Gasteiger partial charge in [-0.3, -0.25) is 9.69 Å². The largest absolute Gasteiger partial charge is 0.352 e. The van der Waals surface area contributed by atoms with Crippen LogP contribution in [0.3, 0.4) is 0 Å². The van der Waals surface area contributed by atoms with Crippen LogP contribution in [0.5, 0.6) is 0 Å². The summed E-state index contributed by atoms with van der Waals surface area (Å²) in [6.07, 6.45) is 7.38. The molecule has 6 heteroatoms. The number of carbonyl (C=O) groups is 1. The third-order valence-electron chi connectivity index (χ3n) is 5.14. The summed E-state index contributed by atoms with van der Waals surface area (Å²) in [5, 5.41) is 7.25. The number of rotatable bonds is 6. The Balaban J connectivity index is 1.28. The molecule has 1 aliphatic heterocycles. The van der Waals surface area contributed by atoms with E-state index in [1.165, 1.54) is 5.56 Å². The molecule has 1 amide bonds. The van der Waals surface area contributed by atoms with Crippen LogP contribution < -0.4 is 5.32 Å². The predicted molar refractivity (Wildman–Crippen MR) is 108 cm³/mol. The maximum absolute atomic E-state index is 12.7. The summed E-state index contributed by atoms with van der Waals surface area (Å²) >= 11 is 0. The van der Waals surface area contributed by atoms with Crippen LogP contribution in [0.15, 0.2) is 67.1 Å². The number of pyridine rings is 1. The minimum Gasteiger partial charge on any atom is -0.352 e. The number of hydrogen-bond donors (Lipinski definition) is 1. The Morgan fingerprint density at radius 3 is 2.75 bits per heavy atom. The number of nitrogens with one attached hydrogen (secondary N) is 1. The van der Waals surface area contributed by atoms with Crippen molar-refractivity contribution in [3.63, 3.8) is 0 Å². The Labute approximate surface area is 165 Å². The Hall–Kier alpha value is -2.99. The van der Waals surface area contributed by atoms with Crippen molar-refractivity contribution < 1.29 is 4.79 Å². The van der Waals surface area contributed by atoms with E-state index >= 15 is 0 Å². The third kappa shape index (κ3) is 4.64. The van der Waals surface area contributed by atoms with Crippen LogP contribution in [0.1, 0.15) is 24.0 Å². The van der Waals surface area contributed by atoms with Gasteiger partial charge in [0, 0.05) is 38.2 Å². The molecular weight excluding hydrogens is 350 g/mol. The van der Waals surface area contributed by atoms with Crippen molar-refractivity contribution in [3.05, 3.63) is 78.2 Å². The van der Waals surface area contributed by atoms with Crippen molar-refractivity contribution >= 4 is 5.91 Å². The number of amides is 1. The number of hydrogen-bond acceptors (Lipinski definition) is 4. The van der Waals surface area contributed by atoms with Gasteiger partial charge in [0.1, 0.15) is 0 Å². The van der Waals surface area contributed by atoms with E-state index in [2.05, 4.69) is 44.6 Å². The molecule has 6 nitrogen and oxygen atoms in total. The first-order chi connectivity index (χ1) is 13.8. The van der Waals surface area contributed by atoms with E-state index in [9.17, 15) is 4.79 Å². The van der Waals surface area contributed by atoms with Crippen molar-refractivity contribution in [2.75, 3.05) is 13.1 Å². The molecule has 0 radical (unpaired) electrons. The van der Waals surface area contributed by atoms with E-state index in [-0.39, 0.29) is 11.8 Å². The molecule has 1 N–H and O–H groups in total. The molecule has 3 aromatic rings. The Morgan fingerprint density at radius 1 is 1.11 bits per heavy atom. The zero-order valence-electron chi connectivity index (χ0n) is 15.9. The van der Waals surface area contributed by atoms with Crippen molar-refractivity contribution in [3.8, 4) is 5.82 Å². The van der Waals surface area contributed by atoms with E-state index < -0.39 is 0 Å². The van der Waals surface area contributed by atoms with Crippen molar-refractivity contribution in [2.45, 2.75) is 25.9 Å². The molecule has 0 bridgehead atoms. The van der Waals surface area contributed by atoms with E-state index in [1.807, 2.05) is 30.5 Å². The van der Waals surface area contributed by atoms with Crippen molar-refractivity contribution in [2.24, 2.45) is 5.92 Å². The first-order valence-electron chi connectivity index (χ1n) is 9.77. The van der Waals surface area contributed by atoms with Crippen LogP contribution in [0.2, 0.25) is 0 Å². The van der Waals surface area contributed by atoms with Gasteiger partial charge in [0.2, 0.25) is 5.91 Å². The molecule has 1 atom stereocenters. The van der Waals surface area contributed by atoms with Crippen LogP contribution in [-0.2, 0) is 17.9 Å². The minimum absolute atomic E-state index is 0.0498. The lowest BCUT2D eigenvalue weighted by molar-refractivity contribution is -0.126. The highest BCUT2D eigenvalue weighted by Gasteiger charge is 2.25. The molecule has 1 fully saturated rings. The van der Waals surface area contributed by atoms with Gasteiger partial charge in [-0.15, -0.1) is 0 Å². The summed E-state index contributed by atoms with van der Waals surface area (Å²) < 4.78 is 1.71. The maximum atomic E-state index is 12.7. The summed E-state index contributed by atoms with van der Waals surface area (Å²) in [5.74, 6) is 0.951. The first kappa shape index (κ1) is 18.4. The van der Waals surface area contributed by atoms with Crippen LogP contribution in [0.4, 0.5) is 0 Å². The maximum Gasteiger partial charge on any atom is 0.224 e. The second-order valence-electron chi connectivity index (χ2n) is 7.25. The molecule has 4 rings (SSSR count). The summed E-state index contributed by atoms with van der Waals surface area (Å²) in [6, 6.07) is 16.2. The highest BCUT2D eigenvalue weighted by atomic mass is 16.1. The number of benzene rings is 1. The van der Waals surface area contributed by atoms with Crippen molar-refractivity contribution in [1.29, 1.82) is 0 Å². The zero-order chi connectivity index (χ0) is 19.2. The molecule has 28 heavy (non-hydrogen) atoms. The normalized spacial score (nSPS) is 17.4. The fraction of sp³-hybridized carbons (Fsp3) is 0.318. The SMILES string of the molecule is O=C(NCc1ccc(-n2cccn2)nc1)[C@H]1CCCN(Cc2ccccc2)C1. The van der Waals surface area contributed by atoms with Crippen LogP contribution in [-0.4, -0.2) is 38.7 Å². The standard InChI is InChI=1S/C22H25N5O/c28-22(20-8-4-12-26(17-20)16-18-6-2-1-3-7-18)24-15-19-9-10-21(23-14-19)27-13-5-11-25-27/h1-3,5-7,9-11,13-14,20H,4,8,12,15-17H2,(H,24,28)/t20-/m0/s1. The lowest BCUT2D eigenvalue weighted by Crippen LogP contribution is -2.42. The van der Waals surface area contributed by atoms with E-state index in [0.29, 0.717) is 6.54 Å². The second kappa shape index (κ2) is 8.80. The van der Waals surface area contributed by atoms with Gasteiger partial charge in [0.25, 0.3) is 0 Å². The Morgan fingerprint density at radius 2 is 2.00 bits per heavy atom. The fourth-order valence-corrected chi connectivity index (χ4v) is 3.65. The van der Waals surface area contributed by atoms with Gasteiger partial charge in [-0.2, -0.15) is 5.10 Å². The summed E-state index contributed by atoms with van der Waals surface area (Å²) in [7, 11) is 0. The van der Waals surface area contributed by atoms with Crippen molar-refractivity contribution in [1.82, 2.24) is 25.0 Å². The van der Waals surface area contributed by atoms with Gasteiger partial charge in [-0.25, -0.2) is 9.67 Å². The average Bonchev–Trinajstić information content (AvgIpc) is 3.28. The van der Waals surface area contributed by atoms with Gasteiger partial charge in [0.05, 0.1) is 5.92 Å². The third-order valence-corrected chi connectivity index (χ3v) is 5.14. The number of carbonyl (C=O) groups excluding carboxylic acids is 1. The molecule has 0 spiro atoms. The number of piperidine rings is 1.